The maximum atomic E-state index is 15.1. The quantitative estimate of drug-likeness (QED) is 0.383. The monoisotopic (exact) mass is 510 g/mol. The number of amides is 2. The minimum absolute atomic E-state index is 0.0201. The van der Waals surface area contributed by atoms with E-state index in [9.17, 15) is 9.59 Å². The van der Waals surface area contributed by atoms with Crippen molar-refractivity contribution in [3.8, 4) is 0 Å². The van der Waals surface area contributed by atoms with Crippen LogP contribution in [0.15, 0.2) is 24.3 Å². The number of nitrogens with one attached hydrogen (secondary N) is 3. The number of carbonyl (C=O) groups excluding carboxylic acids is 2. The van der Waals surface area contributed by atoms with Crippen LogP contribution in [0.5, 0.6) is 0 Å². The van der Waals surface area contributed by atoms with Crippen LogP contribution in [-0.4, -0.2) is 60.6 Å². The Bertz CT molecular complexity index is 1540. The standard InChI is InChI=1S/C23H20ClFN8O3/c1-11-7-12(8-15-19(11)30-32-28-15)9-16-27-20(31-29-16)21(34)33-6-2-5-23(10-33)17-14(26-22(35)36-23)4-3-13(24)18(17)25/h3-4,7-8H,2,5-6,9-10H2,1H3,(H,26,35)(H,27,29,31)(H,28,30,32)/t23-/m0/s1. The van der Waals surface area contributed by atoms with E-state index in [-0.39, 0.29) is 28.6 Å². The number of aromatic nitrogens is 6. The fraction of sp³-hybridized carbons (Fsp3) is 0.304. The van der Waals surface area contributed by atoms with Crippen molar-refractivity contribution in [3.63, 3.8) is 0 Å². The molecule has 2 amide bonds. The topological polar surface area (TPSA) is 142 Å². The van der Waals surface area contributed by atoms with Gasteiger partial charge in [-0.25, -0.2) is 14.2 Å². The highest BCUT2D eigenvalue weighted by atomic mass is 35.5. The number of hydrogen-bond donors (Lipinski definition) is 3. The second kappa shape index (κ2) is 8.26. The van der Waals surface area contributed by atoms with Crippen molar-refractivity contribution in [1.82, 2.24) is 35.5 Å². The minimum atomic E-state index is -1.36. The van der Waals surface area contributed by atoms with Crippen LogP contribution >= 0.6 is 11.6 Å². The molecule has 0 radical (unpaired) electrons. The van der Waals surface area contributed by atoms with Gasteiger partial charge in [-0.05, 0) is 49.1 Å². The molecule has 1 fully saturated rings. The van der Waals surface area contributed by atoms with Gasteiger partial charge < -0.3 is 9.64 Å². The highest BCUT2D eigenvalue weighted by Gasteiger charge is 2.49. The summed E-state index contributed by atoms with van der Waals surface area (Å²) in [6.07, 6.45) is 0.530. The van der Waals surface area contributed by atoms with E-state index in [4.69, 9.17) is 16.3 Å². The van der Waals surface area contributed by atoms with E-state index in [2.05, 4.69) is 35.9 Å². The number of carbonyl (C=O) groups is 2. The van der Waals surface area contributed by atoms with Gasteiger partial charge in [0.2, 0.25) is 5.82 Å². The fourth-order valence-corrected chi connectivity index (χ4v) is 5.20. The minimum Gasteiger partial charge on any atom is -0.436 e. The number of H-pyrrole nitrogens is 2. The third-order valence-corrected chi connectivity index (χ3v) is 6.88. The Kier molecular flexibility index (Phi) is 5.14. The molecule has 0 saturated carbocycles. The third-order valence-electron chi connectivity index (χ3n) is 6.58. The molecule has 2 aliphatic rings. The lowest BCUT2D eigenvalue weighted by Crippen LogP contribution is -2.53. The lowest BCUT2D eigenvalue weighted by Gasteiger charge is -2.44. The Hall–Kier alpha value is -4.06. The summed E-state index contributed by atoms with van der Waals surface area (Å²) in [5, 5.41) is 20.2. The van der Waals surface area contributed by atoms with Gasteiger partial charge in [0.1, 0.15) is 16.9 Å². The zero-order valence-corrected chi connectivity index (χ0v) is 19.8. The molecule has 11 nitrogen and oxygen atoms in total. The van der Waals surface area contributed by atoms with E-state index in [1.54, 1.807) is 0 Å². The SMILES string of the molecule is Cc1cc(Cc2nc(C(=O)N3CCC[C@@]4(C3)OC(=O)Nc3ccc(Cl)c(F)c34)n[nH]2)cc2n[nH]nc12. The van der Waals surface area contributed by atoms with Crippen LogP contribution in [0.1, 0.15) is 46.0 Å². The van der Waals surface area contributed by atoms with Crippen LogP contribution in [-0.2, 0) is 16.8 Å². The van der Waals surface area contributed by atoms with Gasteiger partial charge in [0.25, 0.3) is 5.91 Å². The van der Waals surface area contributed by atoms with Crippen LogP contribution in [0.25, 0.3) is 11.0 Å². The Morgan fingerprint density at radius 3 is 3.00 bits per heavy atom. The fourth-order valence-electron chi connectivity index (χ4n) is 5.05. The van der Waals surface area contributed by atoms with E-state index in [1.165, 1.54) is 17.0 Å². The molecule has 3 N–H and O–H groups in total. The van der Waals surface area contributed by atoms with Crippen LogP contribution in [0, 0.1) is 12.7 Å². The summed E-state index contributed by atoms with van der Waals surface area (Å²) in [5.41, 5.74) is 2.50. The molecule has 2 aromatic heterocycles. The Morgan fingerprint density at radius 1 is 1.28 bits per heavy atom. The first-order valence-corrected chi connectivity index (χ1v) is 11.7. The Balaban J connectivity index is 1.25. The number of nitrogens with zero attached hydrogens (tertiary/aromatic N) is 5. The maximum absolute atomic E-state index is 15.1. The number of ether oxygens (including phenoxy) is 1. The van der Waals surface area contributed by atoms with Gasteiger partial charge >= 0.3 is 6.09 Å². The first-order valence-electron chi connectivity index (χ1n) is 11.3. The van der Waals surface area contributed by atoms with Gasteiger partial charge in [-0.1, -0.05) is 17.7 Å². The number of rotatable bonds is 3. The summed E-state index contributed by atoms with van der Waals surface area (Å²) in [7, 11) is 0. The predicted molar refractivity (Wildman–Crippen MR) is 126 cm³/mol. The van der Waals surface area contributed by atoms with Gasteiger partial charge in [0.05, 0.1) is 22.8 Å². The van der Waals surface area contributed by atoms with Crippen LogP contribution in [0.2, 0.25) is 5.02 Å². The average Bonchev–Trinajstić information content (AvgIpc) is 3.51. The summed E-state index contributed by atoms with van der Waals surface area (Å²) in [5.74, 6) is -0.640. The zero-order valence-electron chi connectivity index (χ0n) is 19.1. The van der Waals surface area contributed by atoms with Crippen LogP contribution in [0.4, 0.5) is 14.9 Å². The molecule has 0 unspecified atom stereocenters. The molecule has 4 aromatic rings. The molecule has 1 spiro atoms. The first kappa shape index (κ1) is 22.4. The van der Waals surface area contributed by atoms with Crippen molar-refractivity contribution in [2.24, 2.45) is 0 Å². The molecule has 4 heterocycles. The molecule has 36 heavy (non-hydrogen) atoms. The van der Waals surface area contributed by atoms with Crippen molar-refractivity contribution in [2.75, 3.05) is 18.4 Å². The maximum Gasteiger partial charge on any atom is 0.412 e. The molecule has 2 aliphatic heterocycles. The van der Waals surface area contributed by atoms with Gasteiger partial charge in [-0.15, -0.1) is 5.10 Å². The van der Waals surface area contributed by atoms with Crippen molar-refractivity contribution in [3.05, 3.63) is 63.4 Å². The molecule has 1 saturated heterocycles. The number of halogens is 2. The normalized spacial score (nSPS) is 19.3. The number of aryl methyl sites for hydroxylation is 1. The van der Waals surface area contributed by atoms with Crippen molar-refractivity contribution >= 4 is 40.3 Å². The molecular formula is C23H20ClFN8O3. The molecule has 0 aliphatic carbocycles. The van der Waals surface area contributed by atoms with E-state index < -0.39 is 23.4 Å². The van der Waals surface area contributed by atoms with E-state index in [0.29, 0.717) is 31.6 Å². The predicted octanol–water partition coefficient (Wildman–Crippen LogP) is 3.46. The molecule has 184 valence electrons. The lowest BCUT2D eigenvalue weighted by molar-refractivity contribution is -0.0420. The molecule has 6 rings (SSSR count). The average molecular weight is 511 g/mol. The number of piperidine rings is 1. The highest BCUT2D eigenvalue weighted by Crippen LogP contribution is 2.45. The molecular weight excluding hydrogens is 491 g/mol. The number of aromatic amines is 2. The second-order valence-electron chi connectivity index (χ2n) is 9.01. The number of benzene rings is 2. The zero-order chi connectivity index (χ0) is 25.0. The summed E-state index contributed by atoms with van der Waals surface area (Å²) in [6.45, 7) is 2.28. The van der Waals surface area contributed by atoms with E-state index >= 15 is 4.39 Å². The lowest BCUT2D eigenvalue weighted by atomic mass is 9.83. The summed E-state index contributed by atoms with van der Waals surface area (Å²) in [6, 6.07) is 6.78. The number of fused-ring (bicyclic) bond motifs is 3. The highest BCUT2D eigenvalue weighted by molar-refractivity contribution is 6.31. The summed E-state index contributed by atoms with van der Waals surface area (Å²) >= 11 is 6.03. The van der Waals surface area contributed by atoms with Gasteiger partial charge in [-0.2, -0.15) is 15.4 Å². The molecule has 13 heteroatoms. The second-order valence-corrected chi connectivity index (χ2v) is 9.42. The van der Waals surface area contributed by atoms with E-state index in [0.717, 1.165) is 22.2 Å². The summed E-state index contributed by atoms with van der Waals surface area (Å²) < 4.78 is 20.7. The van der Waals surface area contributed by atoms with Crippen LogP contribution in [0.3, 0.4) is 0 Å². The number of anilines is 1. The van der Waals surface area contributed by atoms with Gasteiger partial charge in [0, 0.05) is 13.0 Å². The third kappa shape index (κ3) is 3.65. The number of hydrogen-bond acceptors (Lipinski definition) is 7. The van der Waals surface area contributed by atoms with Crippen LogP contribution < -0.4 is 5.32 Å². The Morgan fingerprint density at radius 2 is 2.14 bits per heavy atom. The van der Waals surface area contributed by atoms with E-state index in [1.807, 2.05) is 19.1 Å². The molecule has 2 aromatic carbocycles. The largest absolute Gasteiger partial charge is 0.436 e. The van der Waals surface area contributed by atoms with Gasteiger partial charge in [0.15, 0.2) is 11.4 Å². The van der Waals surface area contributed by atoms with Gasteiger partial charge in [-0.3, -0.25) is 15.2 Å². The van der Waals surface area contributed by atoms with Crippen molar-refractivity contribution < 1.29 is 18.7 Å². The Labute approximate surface area is 208 Å². The smallest absolute Gasteiger partial charge is 0.412 e. The van der Waals surface area contributed by atoms with Crippen molar-refractivity contribution in [1.29, 1.82) is 0 Å². The molecule has 0 bridgehead atoms. The number of likely N-dealkylation sites (tertiary alicyclic amines) is 1. The summed E-state index contributed by atoms with van der Waals surface area (Å²) in [4.78, 5) is 31.5. The first-order chi connectivity index (χ1) is 17.3. The van der Waals surface area contributed by atoms with Crippen molar-refractivity contribution in [2.45, 2.75) is 31.8 Å². The molecule has 1 atom stereocenters.